The first-order valence-electron chi connectivity index (χ1n) is 6.93. The van der Waals surface area contributed by atoms with Gasteiger partial charge in [-0.05, 0) is 36.3 Å². The zero-order valence-corrected chi connectivity index (χ0v) is 11.0. The summed E-state index contributed by atoms with van der Waals surface area (Å²) in [6.45, 7) is 4.50. The van der Waals surface area contributed by atoms with Crippen molar-refractivity contribution in [3.8, 4) is 0 Å². The molecule has 1 N–H and O–H groups in total. The standard InChI is InChI=1S/C16H24O/c1-12(2)10-13-6-5-7-14(11-13)15-8-3-4-9-16(15)17/h5-7,11-12,15-17H,3-4,8-10H2,1-2H3. The van der Waals surface area contributed by atoms with Crippen molar-refractivity contribution < 1.29 is 5.11 Å². The summed E-state index contributed by atoms with van der Waals surface area (Å²) in [5.74, 6) is 1.07. The highest BCUT2D eigenvalue weighted by Gasteiger charge is 2.24. The van der Waals surface area contributed by atoms with Gasteiger partial charge in [-0.15, -0.1) is 0 Å². The zero-order valence-electron chi connectivity index (χ0n) is 11.0. The van der Waals surface area contributed by atoms with E-state index in [2.05, 4.69) is 38.1 Å². The first-order chi connectivity index (χ1) is 8.16. The lowest BCUT2D eigenvalue weighted by molar-refractivity contribution is 0.106. The van der Waals surface area contributed by atoms with Crippen LogP contribution in [0.3, 0.4) is 0 Å². The molecule has 0 bridgehead atoms. The second-order valence-electron chi connectivity index (χ2n) is 5.80. The topological polar surface area (TPSA) is 20.2 Å². The van der Waals surface area contributed by atoms with Gasteiger partial charge in [-0.1, -0.05) is 51.0 Å². The molecule has 1 aromatic carbocycles. The van der Waals surface area contributed by atoms with Crippen LogP contribution in [0.2, 0.25) is 0 Å². The van der Waals surface area contributed by atoms with Gasteiger partial charge in [-0.25, -0.2) is 0 Å². The summed E-state index contributed by atoms with van der Waals surface area (Å²) in [6.07, 6.45) is 5.57. The lowest BCUT2D eigenvalue weighted by Gasteiger charge is -2.28. The van der Waals surface area contributed by atoms with Crippen molar-refractivity contribution in [3.63, 3.8) is 0 Å². The van der Waals surface area contributed by atoms with Crippen LogP contribution in [0.4, 0.5) is 0 Å². The molecule has 17 heavy (non-hydrogen) atoms. The highest BCUT2D eigenvalue weighted by molar-refractivity contribution is 5.28. The van der Waals surface area contributed by atoms with E-state index < -0.39 is 0 Å². The van der Waals surface area contributed by atoms with Crippen LogP contribution < -0.4 is 0 Å². The molecule has 1 saturated carbocycles. The third-order valence-corrected chi connectivity index (χ3v) is 3.75. The third kappa shape index (κ3) is 3.32. The van der Waals surface area contributed by atoms with Gasteiger partial charge in [0.2, 0.25) is 0 Å². The summed E-state index contributed by atoms with van der Waals surface area (Å²) in [5, 5.41) is 10.1. The summed E-state index contributed by atoms with van der Waals surface area (Å²) >= 11 is 0. The Kier molecular flexibility index (Phi) is 4.22. The van der Waals surface area contributed by atoms with Gasteiger partial charge >= 0.3 is 0 Å². The molecule has 1 fully saturated rings. The summed E-state index contributed by atoms with van der Waals surface area (Å²) in [4.78, 5) is 0. The lowest BCUT2D eigenvalue weighted by atomic mass is 9.81. The van der Waals surface area contributed by atoms with Crippen LogP contribution in [0, 0.1) is 5.92 Å². The number of hydrogen-bond donors (Lipinski definition) is 1. The first kappa shape index (κ1) is 12.6. The molecule has 0 aromatic heterocycles. The van der Waals surface area contributed by atoms with E-state index in [4.69, 9.17) is 0 Å². The highest BCUT2D eigenvalue weighted by atomic mass is 16.3. The van der Waals surface area contributed by atoms with Crippen LogP contribution in [0.5, 0.6) is 0 Å². The normalized spacial score (nSPS) is 25.2. The van der Waals surface area contributed by atoms with Gasteiger partial charge in [-0.2, -0.15) is 0 Å². The molecule has 0 spiro atoms. The Balaban J connectivity index is 2.14. The van der Waals surface area contributed by atoms with Gasteiger partial charge in [0.1, 0.15) is 0 Å². The lowest BCUT2D eigenvalue weighted by Crippen LogP contribution is -2.22. The fraction of sp³-hybridized carbons (Fsp3) is 0.625. The smallest absolute Gasteiger partial charge is 0.0608 e. The molecular formula is C16H24O. The molecule has 1 nitrogen and oxygen atoms in total. The molecule has 1 aromatic rings. The van der Waals surface area contributed by atoms with Crippen molar-refractivity contribution in [2.75, 3.05) is 0 Å². The second-order valence-corrected chi connectivity index (χ2v) is 5.80. The Morgan fingerprint density at radius 3 is 2.71 bits per heavy atom. The van der Waals surface area contributed by atoms with E-state index >= 15 is 0 Å². The van der Waals surface area contributed by atoms with Gasteiger partial charge in [0.15, 0.2) is 0 Å². The SMILES string of the molecule is CC(C)Cc1cccc(C2CCCCC2O)c1. The molecule has 0 amide bonds. The van der Waals surface area contributed by atoms with Crippen LogP contribution in [0.1, 0.15) is 56.6 Å². The van der Waals surface area contributed by atoms with Gasteiger partial charge in [0.05, 0.1) is 6.10 Å². The quantitative estimate of drug-likeness (QED) is 0.838. The Labute approximate surface area is 105 Å². The van der Waals surface area contributed by atoms with Gasteiger partial charge < -0.3 is 5.11 Å². The molecule has 2 atom stereocenters. The summed E-state index contributed by atoms with van der Waals surface area (Å²) < 4.78 is 0. The maximum atomic E-state index is 10.1. The van der Waals surface area contributed by atoms with E-state index in [1.807, 2.05) is 0 Å². The molecule has 94 valence electrons. The molecule has 2 rings (SSSR count). The van der Waals surface area contributed by atoms with Crippen molar-refractivity contribution >= 4 is 0 Å². The summed E-state index contributed by atoms with van der Waals surface area (Å²) in [5.41, 5.74) is 2.76. The van der Waals surface area contributed by atoms with Crippen LogP contribution in [0.15, 0.2) is 24.3 Å². The summed E-state index contributed by atoms with van der Waals surface area (Å²) in [7, 11) is 0. The molecule has 1 heteroatoms. The minimum atomic E-state index is -0.127. The van der Waals surface area contributed by atoms with E-state index in [0.717, 1.165) is 19.3 Å². The average molecular weight is 232 g/mol. The number of aliphatic hydroxyl groups excluding tert-OH is 1. The van der Waals surface area contributed by atoms with Gasteiger partial charge in [-0.3, -0.25) is 0 Å². The Morgan fingerprint density at radius 1 is 1.24 bits per heavy atom. The van der Waals surface area contributed by atoms with E-state index in [0.29, 0.717) is 11.8 Å². The summed E-state index contributed by atoms with van der Waals surface area (Å²) in [6, 6.07) is 8.84. The molecule has 0 saturated heterocycles. The predicted molar refractivity (Wildman–Crippen MR) is 72.2 cm³/mol. The maximum Gasteiger partial charge on any atom is 0.0608 e. The van der Waals surface area contributed by atoms with E-state index in [-0.39, 0.29) is 6.10 Å². The number of rotatable bonds is 3. The average Bonchev–Trinajstić information content (AvgIpc) is 2.29. The number of aliphatic hydroxyl groups is 1. The van der Waals surface area contributed by atoms with E-state index in [9.17, 15) is 5.11 Å². The molecule has 2 unspecified atom stereocenters. The van der Waals surface area contributed by atoms with Crippen LogP contribution in [0.25, 0.3) is 0 Å². The van der Waals surface area contributed by atoms with Crippen molar-refractivity contribution in [1.29, 1.82) is 0 Å². The molecule has 0 heterocycles. The van der Waals surface area contributed by atoms with Crippen LogP contribution in [-0.4, -0.2) is 11.2 Å². The van der Waals surface area contributed by atoms with E-state index in [1.165, 1.54) is 24.0 Å². The van der Waals surface area contributed by atoms with Crippen molar-refractivity contribution in [2.45, 2.75) is 58.0 Å². The largest absolute Gasteiger partial charge is 0.392 e. The molecular weight excluding hydrogens is 208 g/mol. The van der Waals surface area contributed by atoms with Crippen molar-refractivity contribution in [1.82, 2.24) is 0 Å². The highest BCUT2D eigenvalue weighted by Crippen LogP contribution is 2.33. The van der Waals surface area contributed by atoms with Crippen LogP contribution >= 0.6 is 0 Å². The second kappa shape index (κ2) is 5.68. The zero-order chi connectivity index (χ0) is 12.3. The number of hydrogen-bond acceptors (Lipinski definition) is 1. The molecule has 0 aliphatic heterocycles. The first-order valence-corrected chi connectivity index (χ1v) is 6.93. The van der Waals surface area contributed by atoms with Crippen LogP contribution in [-0.2, 0) is 6.42 Å². The molecule has 0 radical (unpaired) electrons. The minimum Gasteiger partial charge on any atom is -0.392 e. The van der Waals surface area contributed by atoms with Crippen molar-refractivity contribution in [2.24, 2.45) is 5.92 Å². The fourth-order valence-corrected chi connectivity index (χ4v) is 2.92. The van der Waals surface area contributed by atoms with Gasteiger partial charge in [0.25, 0.3) is 0 Å². The van der Waals surface area contributed by atoms with Gasteiger partial charge in [0, 0.05) is 5.92 Å². The fourth-order valence-electron chi connectivity index (χ4n) is 2.92. The third-order valence-electron chi connectivity index (χ3n) is 3.75. The molecule has 1 aliphatic carbocycles. The van der Waals surface area contributed by atoms with Crippen molar-refractivity contribution in [3.05, 3.63) is 35.4 Å². The van der Waals surface area contributed by atoms with E-state index in [1.54, 1.807) is 0 Å². The Hall–Kier alpha value is -0.820. The Bertz CT molecular complexity index is 356. The Morgan fingerprint density at radius 2 is 2.00 bits per heavy atom. The predicted octanol–water partition coefficient (Wildman–Crippen LogP) is 3.90. The monoisotopic (exact) mass is 232 g/mol. The number of benzene rings is 1. The maximum absolute atomic E-state index is 10.1. The minimum absolute atomic E-state index is 0.127. The molecule has 1 aliphatic rings.